The molecule has 2 unspecified atom stereocenters. The molecular weight excluding hydrogens is 267 g/mol. The maximum Gasteiger partial charge on any atom is 0.0911 e. The monoisotopic (exact) mass is 286 g/mol. The standard InChI is InChI=1S/C15H20Cl2O/c1-2-11-4-3-8-15(18,9-7-11)13-10-12(16)5-6-14(13)17/h5-6,10-11,18H,2-4,7-9H2,1H3. The highest BCUT2D eigenvalue weighted by molar-refractivity contribution is 6.33. The smallest absolute Gasteiger partial charge is 0.0911 e. The van der Waals surface area contributed by atoms with E-state index in [1.165, 1.54) is 12.8 Å². The Kier molecular flexibility index (Phi) is 4.58. The second kappa shape index (κ2) is 5.81. The van der Waals surface area contributed by atoms with Gasteiger partial charge in [0.05, 0.1) is 5.60 Å². The normalized spacial score (nSPS) is 29.0. The average molecular weight is 287 g/mol. The Labute approximate surface area is 119 Å². The van der Waals surface area contributed by atoms with Crippen molar-refractivity contribution < 1.29 is 5.11 Å². The first-order valence-corrected chi connectivity index (χ1v) is 7.48. The summed E-state index contributed by atoms with van der Waals surface area (Å²) in [6, 6.07) is 5.36. The Hall–Kier alpha value is -0.240. The van der Waals surface area contributed by atoms with E-state index < -0.39 is 5.60 Å². The Morgan fingerprint density at radius 1 is 1.28 bits per heavy atom. The van der Waals surface area contributed by atoms with Crippen LogP contribution < -0.4 is 0 Å². The summed E-state index contributed by atoms with van der Waals surface area (Å²) in [6.07, 6.45) is 6.08. The van der Waals surface area contributed by atoms with Gasteiger partial charge in [0.15, 0.2) is 0 Å². The minimum atomic E-state index is -0.800. The van der Waals surface area contributed by atoms with E-state index in [4.69, 9.17) is 23.2 Å². The lowest BCUT2D eigenvalue weighted by atomic mass is 9.86. The van der Waals surface area contributed by atoms with Gasteiger partial charge in [-0.2, -0.15) is 0 Å². The number of halogens is 2. The number of benzene rings is 1. The largest absolute Gasteiger partial charge is 0.385 e. The Bertz CT molecular complexity index is 419. The minimum Gasteiger partial charge on any atom is -0.385 e. The first-order valence-electron chi connectivity index (χ1n) is 6.73. The molecule has 2 rings (SSSR count). The lowest BCUT2D eigenvalue weighted by Gasteiger charge is -2.28. The zero-order valence-corrected chi connectivity index (χ0v) is 12.3. The fraction of sp³-hybridized carbons (Fsp3) is 0.600. The van der Waals surface area contributed by atoms with Crippen LogP contribution in [-0.2, 0) is 5.60 Å². The van der Waals surface area contributed by atoms with Crippen LogP contribution >= 0.6 is 23.2 Å². The van der Waals surface area contributed by atoms with E-state index in [0.29, 0.717) is 10.0 Å². The fourth-order valence-corrected chi connectivity index (χ4v) is 3.39. The Morgan fingerprint density at radius 3 is 2.78 bits per heavy atom. The maximum absolute atomic E-state index is 10.9. The van der Waals surface area contributed by atoms with Crippen LogP contribution in [-0.4, -0.2) is 5.11 Å². The number of hydrogen-bond donors (Lipinski definition) is 1. The highest BCUT2D eigenvalue weighted by atomic mass is 35.5. The van der Waals surface area contributed by atoms with Gasteiger partial charge in [0.25, 0.3) is 0 Å². The van der Waals surface area contributed by atoms with Gasteiger partial charge in [0.1, 0.15) is 0 Å². The molecule has 0 spiro atoms. The van der Waals surface area contributed by atoms with Crippen molar-refractivity contribution in [2.24, 2.45) is 5.92 Å². The van der Waals surface area contributed by atoms with Crippen molar-refractivity contribution in [3.63, 3.8) is 0 Å². The molecule has 1 nitrogen and oxygen atoms in total. The molecule has 0 aliphatic heterocycles. The Morgan fingerprint density at radius 2 is 2.06 bits per heavy atom. The first kappa shape index (κ1) is 14.2. The van der Waals surface area contributed by atoms with Gasteiger partial charge in [0.2, 0.25) is 0 Å². The lowest BCUT2D eigenvalue weighted by Crippen LogP contribution is -2.25. The summed E-state index contributed by atoms with van der Waals surface area (Å²) in [7, 11) is 0. The van der Waals surface area contributed by atoms with E-state index in [2.05, 4.69) is 6.92 Å². The average Bonchev–Trinajstić information content (AvgIpc) is 2.55. The molecular formula is C15H20Cl2O. The van der Waals surface area contributed by atoms with Crippen molar-refractivity contribution in [2.45, 2.75) is 51.0 Å². The summed E-state index contributed by atoms with van der Waals surface area (Å²) in [4.78, 5) is 0. The van der Waals surface area contributed by atoms with Crippen LogP contribution in [0.2, 0.25) is 10.0 Å². The van der Waals surface area contributed by atoms with Crippen molar-refractivity contribution in [2.75, 3.05) is 0 Å². The molecule has 0 saturated heterocycles. The summed E-state index contributed by atoms with van der Waals surface area (Å²) in [6.45, 7) is 2.22. The molecule has 2 atom stereocenters. The molecule has 18 heavy (non-hydrogen) atoms. The second-order valence-electron chi connectivity index (χ2n) is 5.36. The minimum absolute atomic E-state index is 0.622. The van der Waals surface area contributed by atoms with Gasteiger partial charge < -0.3 is 5.11 Å². The summed E-state index contributed by atoms with van der Waals surface area (Å²) in [5.74, 6) is 0.733. The van der Waals surface area contributed by atoms with Crippen molar-refractivity contribution in [1.82, 2.24) is 0 Å². The van der Waals surface area contributed by atoms with Gasteiger partial charge in [-0.3, -0.25) is 0 Å². The molecule has 1 aromatic rings. The first-order chi connectivity index (χ1) is 8.55. The van der Waals surface area contributed by atoms with E-state index >= 15 is 0 Å². The third-order valence-electron chi connectivity index (χ3n) is 4.18. The fourth-order valence-electron chi connectivity index (χ4n) is 2.93. The van der Waals surface area contributed by atoms with E-state index in [-0.39, 0.29) is 0 Å². The molecule has 1 aliphatic carbocycles. The van der Waals surface area contributed by atoms with Gasteiger partial charge in [-0.05, 0) is 49.8 Å². The predicted octanol–water partition coefficient (Wildman–Crippen LogP) is 5.17. The molecule has 3 heteroatoms. The van der Waals surface area contributed by atoms with Crippen molar-refractivity contribution >= 4 is 23.2 Å². The molecule has 1 aliphatic rings. The third-order valence-corrected chi connectivity index (χ3v) is 4.74. The molecule has 0 amide bonds. The van der Waals surface area contributed by atoms with Crippen molar-refractivity contribution in [3.8, 4) is 0 Å². The molecule has 1 aromatic carbocycles. The highest BCUT2D eigenvalue weighted by Crippen LogP contribution is 2.41. The SMILES string of the molecule is CCC1CCCC(O)(c2cc(Cl)ccc2Cl)CC1. The van der Waals surface area contributed by atoms with Crippen molar-refractivity contribution in [3.05, 3.63) is 33.8 Å². The quantitative estimate of drug-likeness (QED) is 0.744. The van der Waals surface area contributed by atoms with E-state index in [0.717, 1.165) is 37.2 Å². The van der Waals surface area contributed by atoms with E-state index in [9.17, 15) is 5.11 Å². The molecule has 1 fully saturated rings. The number of rotatable bonds is 2. The molecule has 0 heterocycles. The number of aliphatic hydroxyl groups is 1. The van der Waals surface area contributed by atoms with Crippen molar-refractivity contribution in [1.29, 1.82) is 0 Å². The van der Waals surface area contributed by atoms with E-state index in [1.807, 2.05) is 6.07 Å². The topological polar surface area (TPSA) is 20.2 Å². The summed E-state index contributed by atoms with van der Waals surface area (Å²) in [5, 5.41) is 12.2. The zero-order chi connectivity index (χ0) is 13.2. The molecule has 1 N–H and O–H groups in total. The molecule has 100 valence electrons. The van der Waals surface area contributed by atoms with Gasteiger partial charge in [-0.25, -0.2) is 0 Å². The predicted molar refractivity (Wildman–Crippen MR) is 77.2 cm³/mol. The van der Waals surface area contributed by atoms with Gasteiger partial charge in [-0.15, -0.1) is 0 Å². The molecule has 0 radical (unpaired) electrons. The van der Waals surface area contributed by atoms with Crippen LogP contribution in [0.3, 0.4) is 0 Å². The molecule has 0 bridgehead atoms. The van der Waals surface area contributed by atoms with Crippen LogP contribution in [0.1, 0.15) is 51.0 Å². The zero-order valence-electron chi connectivity index (χ0n) is 10.8. The van der Waals surface area contributed by atoms with Crippen LogP contribution in [0.15, 0.2) is 18.2 Å². The molecule has 0 aromatic heterocycles. The van der Waals surface area contributed by atoms with Gasteiger partial charge in [-0.1, -0.05) is 43.0 Å². The van der Waals surface area contributed by atoms with Crippen LogP contribution in [0.4, 0.5) is 0 Å². The van der Waals surface area contributed by atoms with Crippen LogP contribution in [0.25, 0.3) is 0 Å². The third kappa shape index (κ3) is 3.01. The summed E-state index contributed by atoms with van der Waals surface area (Å²) in [5.41, 5.74) is -0.000236. The van der Waals surface area contributed by atoms with Crippen LogP contribution in [0, 0.1) is 5.92 Å². The summed E-state index contributed by atoms with van der Waals surface area (Å²) < 4.78 is 0. The Balaban J connectivity index is 2.27. The highest BCUT2D eigenvalue weighted by Gasteiger charge is 2.33. The van der Waals surface area contributed by atoms with Gasteiger partial charge >= 0.3 is 0 Å². The second-order valence-corrected chi connectivity index (χ2v) is 6.20. The maximum atomic E-state index is 10.9. The lowest BCUT2D eigenvalue weighted by molar-refractivity contribution is 0.0197. The van der Waals surface area contributed by atoms with Crippen LogP contribution in [0.5, 0.6) is 0 Å². The van der Waals surface area contributed by atoms with Gasteiger partial charge in [0, 0.05) is 15.6 Å². The molecule has 1 saturated carbocycles. The number of hydrogen-bond acceptors (Lipinski definition) is 1. The summed E-state index contributed by atoms with van der Waals surface area (Å²) >= 11 is 12.2. The van der Waals surface area contributed by atoms with E-state index in [1.54, 1.807) is 12.1 Å².